The van der Waals surface area contributed by atoms with Gasteiger partial charge in [0.2, 0.25) is 5.91 Å². The highest BCUT2D eigenvalue weighted by Gasteiger charge is 2.28. The molecule has 1 aliphatic rings. The smallest absolute Gasteiger partial charge is 0.251 e. The SMILES string of the molecule is C=C/C=c1/cnn(C2CCC(=O)NC2=O)/c1=C/C. The van der Waals surface area contributed by atoms with Crippen LogP contribution in [-0.4, -0.2) is 21.6 Å². The second-order valence-corrected chi connectivity index (χ2v) is 4.09. The monoisotopic (exact) mass is 245 g/mol. The van der Waals surface area contributed by atoms with Crippen LogP contribution in [0.25, 0.3) is 12.2 Å². The molecular formula is C13H15N3O2. The molecule has 1 aromatic heterocycles. The van der Waals surface area contributed by atoms with Gasteiger partial charge >= 0.3 is 0 Å². The molecule has 94 valence electrons. The van der Waals surface area contributed by atoms with Crippen LogP contribution in [0, 0.1) is 0 Å². The average Bonchev–Trinajstić information content (AvgIpc) is 2.72. The lowest BCUT2D eigenvalue weighted by molar-refractivity contribution is -0.136. The molecule has 1 saturated heterocycles. The summed E-state index contributed by atoms with van der Waals surface area (Å²) >= 11 is 0. The number of rotatable bonds is 2. The Kier molecular flexibility index (Phi) is 3.41. The van der Waals surface area contributed by atoms with E-state index in [0.29, 0.717) is 12.8 Å². The van der Waals surface area contributed by atoms with E-state index >= 15 is 0 Å². The Balaban J connectivity index is 2.47. The predicted molar refractivity (Wildman–Crippen MR) is 67.7 cm³/mol. The Morgan fingerprint density at radius 1 is 1.56 bits per heavy atom. The van der Waals surface area contributed by atoms with Gasteiger partial charge < -0.3 is 0 Å². The van der Waals surface area contributed by atoms with Gasteiger partial charge in [-0.25, -0.2) is 0 Å². The van der Waals surface area contributed by atoms with Crippen LogP contribution in [0.15, 0.2) is 18.9 Å². The Hall–Kier alpha value is -2.17. The van der Waals surface area contributed by atoms with Crippen molar-refractivity contribution in [3.8, 4) is 0 Å². The fraction of sp³-hybridized carbons (Fsp3) is 0.308. The number of imide groups is 1. The topological polar surface area (TPSA) is 64.0 Å². The fourth-order valence-corrected chi connectivity index (χ4v) is 2.10. The highest BCUT2D eigenvalue weighted by atomic mass is 16.2. The Morgan fingerprint density at radius 3 is 2.94 bits per heavy atom. The van der Waals surface area contributed by atoms with Crippen molar-refractivity contribution in [1.29, 1.82) is 0 Å². The minimum absolute atomic E-state index is 0.219. The number of hydrogen-bond donors (Lipinski definition) is 1. The molecule has 0 bridgehead atoms. The van der Waals surface area contributed by atoms with Gasteiger partial charge in [0.15, 0.2) is 0 Å². The molecule has 2 heterocycles. The molecule has 2 amide bonds. The van der Waals surface area contributed by atoms with Crippen molar-refractivity contribution in [2.24, 2.45) is 0 Å². The third kappa shape index (κ3) is 2.11. The first-order valence-corrected chi connectivity index (χ1v) is 5.83. The molecule has 0 aliphatic carbocycles. The minimum atomic E-state index is -0.416. The molecule has 1 fully saturated rings. The second kappa shape index (κ2) is 5.00. The predicted octanol–water partition coefficient (Wildman–Crippen LogP) is -0.372. The summed E-state index contributed by atoms with van der Waals surface area (Å²) in [5.41, 5.74) is 0. The third-order valence-corrected chi connectivity index (χ3v) is 2.94. The molecule has 0 aromatic carbocycles. The number of nitrogens with one attached hydrogen (secondary N) is 1. The lowest BCUT2D eigenvalue weighted by atomic mass is 10.1. The van der Waals surface area contributed by atoms with E-state index in [9.17, 15) is 9.59 Å². The van der Waals surface area contributed by atoms with Crippen molar-refractivity contribution in [3.63, 3.8) is 0 Å². The highest BCUT2D eigenvalue weighted by molar-refractivity contribution is 5.99. The average molecular weight is 245 g/mol. The van der Waals surface area contributed by atoms with Gasteiger partial charge in [-0.1, -0.05) is 24.8 Å². The van der Waals surface area contributed by atoms with Crippen LogP contribution >= 0.6 is 0 Å². The normalized spacial score (nSPS) is 22.2. The maximum Gasteiger partial charge on any atom is 0.251 e. The fourth-order valence-electron chi connectivity index (χ4n) is 2.10. The van der Waals surface area contributed by atoms with E-state index in [0.717, 1.165) is 10.6 Å². The van der Waals surface area contributed by atoms with Crippen LogP contribution in [0.1, 0.15) is 25.8 Å². The van der Waals surface area contributed by atoms with E-state index in [1.165, 1.54) is 0 Å². The number of amides is 2. The molecule has 1 unspecified atom stereocenters. The van der Waals surface area contributed by atoms with Gasteiger partial charge in [-0.05, 0) is 13.3 Å². The molecule has 1 aromatic rings. The summed E-state index contributed by atoms with van der Waals surface area (Å²) in [6.07, 6.45) is 7.94. The Labute approximate surface area is 104 Å². The number of carbonyl (C=O) groups is 2. The lowest BCUT2D eigenvalue weighted by Gasteiger charge is -2.21. The molecule has 5 nitrogen and oxygen atoms in total. The Morgan fingerprint density at radius 2 is 2.33 bits per heavy atom. The van der Waals surface area contributed by atoms with Gasteiger partial charge in [0.05, 0.1) is 11.5 Å². The van der Waals surface area contributed by atoms with E-state index in [1.807, 2.05) is 19.1 Å². The van der Waals surface area contributed by atoms with E-state index in [4.69, 9.17) is 0 Å². The van der Waals surface area contributed by atoms with Crippen molar-refractivity contribution in [2.45, 2.75) is 25.8 Å². The quantitative estimate of drug-likeness (QED) is 0.723. The molecule has 2 rings (SSSR count). The second-order valence-electron chi connectivity index (χ2n) is 4.09. The summed E-state index contributed by atoms with van der Waals surface area (Å²) < 4.78 is 1.66. The van der Waals surface area contributed by atoms with Crippen LogP contribution in [0.5, 0.6) is 0 Å². The van der Waals surface area contributed by atoms with Gasteiger partial charge in [-0.2, -0.15) is 5.10 Å². The number of hydrogen-bond acceptors (Lipinski definition) is 3. The van der Waals surface area contributed by atoms with Gasteiger partial charge in [-0.3, -0.25) is 19.6 Å². The van der Waals surface area contributed by atoms with Gasteiger partial charge in [0, 0.05) is 11.6 Å². The molecule has 0 spiro atoms. The van der Waals surface area contributed by atoms with Crippen LogP contribution in [0.3, 0.4) is 0 Å². The van der Waals surface area contributed by atoms with Gasteiger partial charge in [0.25, 0.3) is 5.91 Å². The molecule has 1 N–H and O–H groups in total. The summed E-state index contributed by atoms with van der Waals surface area (Å²) in [6, 6.07) is -0.416. The van der Waals surface area contributed by atoms with E-state index in [-0.39, 0.29) is 11.8 Å². The number of nitrogens with zero attached hydrogens (tertiary/aromatic N) is 2. The van der Waals surface area contributed by atoms with E-state index in [1.54, 1.807) is 17.0 Å². The summed E-state index contributed by atoms with van der Waals surface area (Å²) in [4.78, 5) is 22.9. The molecule has 5 heteroatoms. The van der Waals surface area contributed by atoms with Crippen LogP contribution in [0.2, 0.25) is 0 Å². The van der Waals surface area contributed by atoms with Crippen molar-refractivity contribution < 1.29 is 9.59 Å². The summed E-state index contributed by atoms with van der Waals surface area (Å²) in [5, 5.41) is 8.36. The van der Waals surface area contributed by atoms with E-state index in [2.05, 4.69) is 17.0 Å². The van der Waals surface area contributed by atoms with Crippen LogP contribution in [0.4, 0.5) is 0 Å². The summed E-state index contributed by atoms with van der Waals surface area (Å²) in [7, 11) is 0. The zero-order valence-electron chi connectivity index (χ0n) is 10.2. The molecular weight excluding hydrogens is 230 g/mol. The van der Waals surface area contributed by atoms with Gasteiger partial charge in [-0.15, -0.1) is 0 Å². The molecule has 0 saturated carbocycles. The zero-order chi connectivity index (χ0) is 13.1. The maximum atomic E-state index is 11.8. The number of carbonyl (C=O) groups excluding carboxylic acids is 2. The molecule has 1 atom stereocenters. The maximum absolute atomic E-state index is 11.8. The Bertz CT molecular complexity index is 613. The molecule has 1 aliphatic heterocycles. The number of piperidine rings is 1. The summed E-state index contributed by atoms with van der Waals surface area (Å²) in [5.74, 6) is -0.508. The minimum Gasteiger partial charge on any atom is -0.295 e. The van der Waals surface area contributed by atoms with Crippen molar-refractivity contribution in [1.82, 2.24) is 15.1 Å². The van der Waals surface area contributed by atoms with E-state index < -0.39 is 6.04 Å². The van der Waals surface area contributed by atoms with Crippen molar-refractivity contribution in [2.75, 3.05) is 0 Å². The first kappa shape index (κ1) is 12.3. The number of aromatic nitrogens is 2. The molecule has 0 radical (unpaired) electrons. The van der Waals surface area contributed by atoms with Gasteiger partial charge in [0.1, 0.15) is 6.04 Å². The summed E-state index contributed by atoms with van der Waals surface area (Å²) in [6.45, 7) is 5.54. The van der Waals surface area contributed by atoms with Crippen LogP contribution < -0.4 is 15.9 Å². The van der Waals surface area contributed by atoms with Crippen molar-refractivity contribution >= 4 is 24.0 Å². The number of allylic oxidation sites excluding steroid dienone is 1. The van der Waals surface area contributed by atoms with Crippen molar-refractivity contribution in [3.05, 3.63) is 29.4 Å². The first-order valence-electron chi connectivity index (χ1n) is 5.83. The first-order chi connectivity index (χ1) is 8.67. The highest BCUT2D eigenvalue weighted by Crippen LogP contribution is 2.14. The molecule has 18 heavy (non-hydrogen) atoms. The lowest BCUT2D eigenvalue weighted by Crippen LogP contribution is -2.45. The third-order valence-electron chi connectivity index (χ3n) is 2.94. The largest absolute Gasteiger partial charge is 0.295 e. The standard InChI is InChI=1S/C13H15N3O2/c1-3-5-9-8-14-16(10(9)4-2)11-6-7-12(17)15-13(11)18/h3-5,8,11H,1,6-7H2,2H3,(H,15,17,18)/b9-5-,10-4+. The zero-order valence-corrected chi connectivity index (χ0v) is 10.2. The van der Waals surface area contributed by atoms with Crippen LogP contribution in [-0.2, 0) is 9.59 Å².